The van der Waals surface area contributed by atoms with Crippen molar-refractivity contribution in [2.24, 2.45) is 0 Å². The highest BCUT2D eigenvalue weighted by atomic mass is 32.1. The van der Waals surface area contributed by atoms with Crippen molar-refractivity contribution in [1.29, 1.82) is 0 Å². The van der Waals surface area contributed by atoms with E-state index in [1.807, 2.05) is 19.1 Å². The van der Waals surface area contributed by atoms with Gasteiger partial charge < -0.3 is 14.8 Å². The molecule has 0 aliphatic heterocycles. The predicted molar refractivity (Wildman–Crippen MR) is 71.6 cm³/mol. The van der Waals surface area contributed by atoms with Crippen LogP contribution in [-0.2, 0) is 11.2 Å². The third-order valence-electron chi connectivity index (χ3n) is 3.33. The number of aliphatic carboxylic acids is 1. The molecule has 2 atom stereocenters. The molecular weight excluding hydrogens is 264 g/mol. The third kappa shape index (κ3) is 2.23. The topological polar surface area (TPSA) is 75.4 Å². The summed E-state index contributed by atoms with van der Waals surface area (Å²) in [4.78, 5) is 16.6. The van der Waals surface area contributed by atoms with Gasteiger partial charge in [-0.05, 0) is 31.9 Å². The molecule has 2 N–H and O–H groups in total. The number of fused-ring (bicyclic) bond motifs is 1. The van der Waals surface area contributed by atoms with Crippen molar-refractivity contribution in [2.45, 2.75) is 31.7 Å². The van der Waals surface area contributed by atoms with Gasteiger partial charge in [-0.3, -0.25) is 4.79 Å². The Morgan fingerprint density at radius 1 is 1.68 bits per heavy atom. The molecule has 1 aliphatic carbocycles. The monoisotopic (exact) mass is 278 g/mol. The molecule has 19 heavy (non-hydrogen) atoms. The van der Waals surface area contributed by atoms with Gasteiger partial charge in [-0.2, -0.15) is 0 Å². The average molecular weight is 278 g/mol. The Balaban J connectivity index is 1.77. The highest BCUT2D eigenvalue weighted by Gasteiger charge is 2.32. The van der Waals surface area contributed by atoms with E-state index in [1.165, 1.54) is 0 Å². The first-order valence-electron chi connectivity index (χ1n) is 6.17. The molecule has 0 bridgehead atoms. The highest BCUT2D eigenvalue weighted by molar-refractivity contribution is 7.15. The molecule has 0 amide bonds. The van der Waals surface area contributed by atoms with E-state index in [9.17, 15) is 4.79 Å². The third-order valence-corrected chi connectivity index (χ3v) is 4.39. The van der Waals surface area contributed by atoms with Crippen molar-refractivity contribution in [1.82, 2.24) is 4.98 Å². The van der Waals surface area contributed by atoms with E-state index in [4.69, 9.17) is 9.52 Å². The summed E-state index contributed by atoms with van der Waals surface area (Å²) >= 11 is 1.54. The number of carboxylic acids is 1. The SMILES string of the molecule is CC(Nc1nc2c(s1)CCC2C(=O)O)c1ccco1. The molecule has 0 fully saturated rings. The lowest BCUT2D eigenvalue weighted by molar-refractivity contribution is -0.138. The molecule has 2 aromatic rings. The number of carbonyl (C=O) groups is 1. The lowest BCUT2D eigenvalue weighted by Gasteiger charge is -2.09. The summed E-state index contributed by atoms with van der Waals surface area (Å²) in [7, 11) is 0. The van der Waals surface area contributed by atoms with E-state index in [0.717, 1.165) is 27.9 Å². The second-order valence-corrected chi connectivity index (χ2v) is 5.72. The van der Waals surface area contributed by atoms with E-state index in [1.54, 1.807) is 17.6 Å². The number of aromatic nitrogens is 1. The van der Waals surface area contributed by atoms with Crippen LogP contribution in [0.2, 0.25) is 0 Å². The quantitative estimate of drug-likeness (QED) is 0.899. The predicted octanol–water partition coefficient (Wildman–Crippen LogP) is 3.02. The molecular formula is C13H14N2O3S. The molecule has 2 aromatic heterocycles. The fourth-order valence-electron chi connectivity index (χ4n) is 2.32. The van der Waals surface area contributed by atoms with Crippen molar-refractivity contribution in [3.63, 3.8) is 0 Å². The molecule has 0 saturated heterocycles. The van der Waals surface area contributed by atoms with Crippen LogP contribution in [0.3, 0.4) is 0 Å². The maximum Gasteiger partial charge on any atom is 0.312 e. The lowest BCUT2D eigenvalue weighted by Crippen LogP contribution is -2.09. The van der Waals surface area contributed by atoms with Crippen molar-refractivity contribution < 1.29 is 14.3 Å². The zero-order chi connectivity index (χ0) is 13.4. The Hall–Kier alpha value is -1.82. The molecule has 0 spiro atoms. The van der Waals surface area contributed by atoms with E-state index >= 15 is 0 Å². The summed E-state index contributed by atoms with van der Waals surface area (Å²) in [5.41, 5.74) is 0.728. The molecule has 3 rings (SSSR count). The van der Waals surface area contributed by atoms with Crippen molar-refractivity contribution in [3.8, 4) is 0 Å². The minimum absolute atomic E-state index is 0.0181. The fourth-order valence-corrected chi connectivity index (χ4v) is 3.45. The van der Waals surface area contributed by atoms with Crippen molar-refractivity contribution in [2.75, 3.05) is 5.32 Å². The minimum atomic E-state index is -0.783. The summed E-state index contributed by atoms with van der Waals surface area (Å²) in [5, 5.41) is 13.1. The Labute approximate surface area is 114 Å². The number of rotatable bonds is 4. The number of thiazole rings is 1. The molecule has 100 valence electrons. The second-order valence-electron chi connectivity index (χ2n) is 4.64. The Morgan fingerprint density at radius 3 is 3.21 bits per heavy atom. The van der Waals surface area contributed by atoms with Gasteiger partial charge in [-0.25, -0.2) is 4.98 Å². The average Bonchev–Trinajstić information content (AvgIpc) is 3.03. The first kappa shape index (κ1) is 12.2. The second kappa shape index (κ2) is 4.70. The van der Waals surface area contributed by atoms with E-state index in [2.05, 4.69) is 10.3 Å². The molecule has 0 saturated carbocycles. The maximum atomic E-state index is 11.1. The van der Waals surface area contributed by atoms with Crippen LogP contribution in [0.4, 0.5) is 5.13 Å². The number of aryl methyl sites for hydroxylation is 1. The number of furan rings is 1. The molecule has 5 nitrogen and oxygen atoms in total. The number of anilines is 1. The molecule has 6 heteroatoms. The van der Waals surface area contributed by atoms with Crippen molar-refractivity contribution >= 4 is 22.4 Å². The van der Waals surface area contributed by atoms with E-state index in [-0.39, 0.29) is 6.04 Å². The molecule has 2 unspecified atom stereocenters. The Morgan fingerprint density at radius 2 is 2.53 bits per heavy atom. The van der Waals surface area contributed by atoms with Gasteiger partial charge >= 0.3 is 5.97 Å². The number of hydrogen-bond acceptors (Lipinski definition) is 5. The van der Waals surface area contributed by atoms with Crippen LogP contribution in [0.1, 0.15) is 41.6 Å². The van der Waals surface area contributed by atoms with Crippen LogP contribution in [0.25, 0.3) is 0 Å². The standard InChI is InChI=1S/C13H14N2O3S/c1-7(9-3-2-6-18-9)14-13-15-11-8(12(16)17)4-5-10(11)19-13/h2-3,6-8H,4-5H2,1H3,(H,14,15)(H,16,17). The molecule has 1 aliphatic rings. The van der Waals surface area contributed by atoms with Gasteiger partial charge in [0.15, 0.2) is 5.13 Å². The molecule has 0 aromatic carbocycles. The summed E-state index contributed by atoms with van der Waals surface area (Å²) < 4.78 is 5.32. The van der Waals surface area contributed by atoms with Crippen LogP contribution >= 0.6 is 11.3 Å². The minimum Gasteiger partial charge on any atom is -0.481 e. The number of nitrogens with one attached hydrogen (secondary N) is 1. The van der Waals surface area contributed by atoms with Gasteiger partial charge in [0.05, 0.1) is 18.0 Å². The van der Waals surface area contributed by atoms with Crippen LogP contribution in [0, 0.1) is 0 Å². The summed E-state index contributed by atoms with van der Waals surface area (Å²) in [6.45, 7) is 1.99. The van der Waals surface area contributed by atoms with E-state index < -0.39 is 11.9 Å². The first-order valence-corrected chi connectivity index (χ1v) is 6.99. The smallest absolute Gasteiger partial charge is 0.312 e. The number of hydrogen-bond donors (Lipinski definition) is 2. The zero-order valence-corrected chi connectivity index (χ0v) is 11.2. The summed E-state index contributed by atoms with van der Waals surface area (Å²) in [6.07, 6.45) is 3.11. The van der Waals surface area contributed by atoms with Gasteiger partial charge in [-0.15, -0.1) is 11.3 Å². The van der Waals surface area contributed by atoms with Gasteiger partial charge in [0.2, 0.25) is 0 Å². The maximum absolute atomic E-state index is 11.1. The fraction of sp³-hybridized carbons (Fsp3) is 0.385. The van der Waals surface area contributed by atoms with Crippen molar-refractivity contribution in [3.05, 3.63) is 34.7 Å². The molecule has 0 radical (unpaired) electrons. The van der Waals surface area contributed by atoms with Gasteiger partial charge in [-0.1, -0.05) is 0 Å². The van der Waals surface area contributed by atoms with Gasteiger partial charge in [0, 0.05) is 4.88 Å². The highest BCUT2D eigenvalue weighted by Crippen LogP contribution is 2.39. The van der Waals surface area contributed by atoms with Gasteiger partial charge in [0.25, 0.3) is 0 Å². The largest absolute Gasteiger partial charge is 0.481 e. The van der Waals surface area contributed by atoms with Crippen LogP contribution in [0.15, 0.2) is 22.8 Å². The Bertz CT molecular complexity index is 591. The van der Waals surface area contributed by atoms with Crippen LogP contribution < -0.4 is 5.32 Å². The number of carboxylic acid groups (broad SMARTS) is 1. The zero-order valence-electron chi connectivity index (χ0n) is 10.4. The summed E-state index contributed by atoms with van der Waals surface area (Å²) in [6, 6.07) is 3.76. The van der Waals surface area contributed by atoms with Crippen LogP contribution in [-0.4, -0.2) is 16.1 Å². The molecule has 2 heterocycles. The Kier molecular flexibility index (Phi) is 3.02. The first-order chi connectivity index (χ1) is 9.15. The van der Waals surface area contributed by atoms with Gasteiger partial charge in [0.1, 0.15) is 11.7 Å². The van der Waals surface area contributed by atoms with Crippen LogP contribution in [0.5, 0.6) is 0 Å². The number of nitrogens with zero attached hydrogens (tertiary/aromatic N) is 1. The lowest BCUT2D eigenvalue weighted by atomic mass is 10.1. The van der Waals surface area contributed by atoms with E-state index in [0.29, 0.717) is 6.42 Å². The summed E-state index contributed by atoms with van der Waals surface area (Å²) in [5.74, 6) is -0.388. The normalized spacial score (nSPS) is 19.1.